The highest BCUT2D eigenvalue weighted by atomic mass is 16.2. The molecule has 29 heavy (non-hydrogen) atoms. The van der Waals surface area contributed by atoms with Crippen molar-refractivity contribution in [3.05, 3.63) is 54.1 Å². The molecule has 2 aliphatic rings. The Morgan fingerprint density at radius 3 is 2.69 bits per heavy atom. The molecular weight excluding hydrogens is 364 g/mol. The van der Waals surface area contributed by atoms with Gasteiger partial charge in [-0.2, -0.15) is 0 Å². The van der Waals surface area contributed by atoms with Crippen molar-refractivity contribution < 1.29 is 4.79 Å². The fourth-order valence-corrected chi connectivity index (χ4v) is 3.97. The molecule has 7 heteroatoms. The molecule has 1 saturated carbocycles. The number of piperidine rings is 1. The van der Waals surface area contributed by atoms with E-state index in [2.05, 4.69) is 43.0 Å². The van der Waals surface area contributed by atoms with E-state index in [-0.39, 0.29) is 6.03 Å². The van der Waals surface area contributed by atoms with E-state index in [4.69, 9.17) is 0 Å². The summed E-state index contributed by atoms with van der Waals surface area (Å²) in [6.07, 6.45) is 9.62. The molecule has 0 atom stereocenters. The van der Waals surface area contributed by atoms with E-state index in [1.165, 1.54) is 5.56 Å². The standard InChI is InChI=1S/C22H24N6O/c29-22(28-21-13-24-12-20(26-21)15-1-2-15)27-19-7-10-25-18-4-3-16(11-17(18)19)14-5-8-23-9-6-14/h3-4,7,10-15,23H,1-2,5-6,8-9H2,(H2,25,26,27,28,29). The fraction of sp³-hybridized carbons (Fsp3) is 0.364. The van der Waals surface area contributed by atoms with Gasteiger partial charge in [-0.3, -0.25) is 15.3 Å². The molecule has 2 aromatic heterocycles. The summed E-state index contributed by atoms with van der Waals surface area (Å²) in [7, 11) is 0. The minimum absolute atomic E-state index is 0.327. The van der Waals surface area contributed by atoms with Crippen LogP contribution in [-0.4, -0.2) is 34.1 Å². The van der Waals surface area contributed by atoms with E-state index in [9.17, 15) is 4.79 Å². The largest absolute Gasteiger partial charge is 0.324 e. The first-order valence-electron chi connectivity index (χ1n) is 10.3. The number of rotatable bonds is 4. The maximum Gasteiger partial charge on any atom is 0.324 e. The molecule has 2 amide bonds. The van der Waals surface area contributed by atoms with Crippen LogP contribution in [0.25, 0.3) is 10.9 Å². The normalized spacial score (nSPS) is 17.2. The Hall–Kier alpha value is -3.06. The number of fused-ring (bicyclic) bond motifs is 1. The molecule has 1 aromatic carbocycles. The summed E-state index contributed by atoms with van der Waals surface area (Å²) in [5.74, 6) is 1.51. The highest BCUT2D eigenvalue weighted by Gasteiger charge is 2.25. The van der Waals surface area contributed by atoms with Gasteiger partial charge in [-0.05, 0) is 68.5 Å². The van der Waals surface area contributed by atoms with E-state index in [1.54, 1.807) is 18.6 Å². The van der Waals surface area contributed by atoms with Crippen LogP contribution in [0, 0.1) is 0 Å². The molecule has 3 aromatic rings. The Morgan fingerprint density at radius 2 is 1.86 bits per heavy atom. The number of nitrogens with one attached hydrogen (secondary N) is 3. The van der Waals surface area contributed by atoms with Crippen molar-refractivity contribution in [3.8, 4) is 0 Å². The number of pyridine rings is 1. The van der Waals surface area contributed by atoms with E-state index in [0.717, 1.165) is 61.1 Å². The Morgan fingerprint density at radius 1 is 1.00 bits per heavy atom. The first-order chi connectivity index (χ1) is 14.3. The smallest absolute Gasteiger partial charge is 0.317 e. The van der Waals surface area contributed by atoms with Gasteiger partial charge in [0, 0.05) is 23.7 Å². The zero-order valence-corrected chi connectivity index (χ0v) is 16.2. The molecule has 1 saturated heterocycles. The van der Waals surface area contributed by atoms with Crippen molar-refractivity contribution >= 4 is 28.4 Å². The first kappa shape index (κ1) is 18.0. The van der Waals surface area contributed by atoms with Crippen LogP contribution < -0.4 is 16.0 Å². The molecule has 0 unspecified atom stereocenters. The molecular formula is C22H24N6O. The Labute approximate surface area is 169 Å². The summed E-state index contributed by atoms with van der Waals surface area (Å²) >= 11 is 0. The second-order valence-electron chi connectivity index (χ2n) is 7.84. The molecule has 1 aliphatic carbocycles. The third kappa shape index (κ3) is 4.05. The molecule has 7 nitrogen and oxygen atoms in total. The van der Waals surface area contributed by atoms with Crippen LogP contribution in [0.4, 0.5) is 16.3 Å². The van der Waals surface area contributed by atoms with Gasteiger partial charge in [0.15, 0.2) is 5.82 Å². The van der Waals surface area contributed by atoms with Gasteiger partial charge >= 0.3 is 6.03 Å². The van der Waals surface area contributed by atoms with Crippen molar-refractivity contribution in [3.63, 3.8) is 0 Å². The van der Waals surface area contributed by atoms with Crippen LogP contribution in [0.2, 0.25) is 0 Å². The zero-order valence-electron chi connectivity index (χ0n) is 16.2. The summed E-state index contributed by atoms with van der Waals surface area (Å²) < 4.78 is 0. The predicted octanol–water partition coefficient (Wildman–Crippen LogP) is 4.01. The molecule has 0 bridgehead atoms. The minimum atomic E-state index is -0.327. The number of amides is 2. The summed E-state index contributed by atoms with van der Waals surface area (Å²) in [5, 5.41) is 10.1. The average Bonchev–Trinajstić information content (AvgIpc) is 3.60. The van der Waals surface area contributed by atoms with E-state index < -0.39 is 0 Å². The van der Waals surface area contributed by atoms with Gasteiger partial charge in [0.25, 0.3) is 0 Å². The van der Waals surface area contributed by atoms with Crippen molar-refractivity contribution in [2.45, 2.75) is 37.5 Å². The fourth-order valence-electron chi connectivity index (χ4n) is 3.97. The van der Waals surface area contributed by atoms with Gasteiger partial charge in [0.1, 0.15) is 0 Å². The maximum atomic E-state index is 12.6. The number of anilines is 2. The van der Waals surface area contributed by atoms with Crippen LogP contribution in [-0.2, 0) is 0 Å². The maximum absolute atomic E-state index is 12.6. The predicted molar refractivity (Wildman–Crippen MR) is 113 cm³/mol. The number of hydrogen-bond acceptors (Lipinski definition) is 5. The molecule has 1 aliphatic heterocycles. The van der Waals surface area contributed by atoms with E-state index >= 15 is 0 Å². The van der Waals surface area contributed by atoms with Crippen molar-refractivity contribution in [1.82, 2.24) is 20.3 Å². The van der Waals surface area contributed by atoms with Gasteiger partial charge in [0.2, 0.25) is 0 Å². The van der Waals surface area contributed by atoms with Crippen molar-refractivity contribution in [2.75, 3.05) is 23.7 Å². The lowest BCUT2D eigenvalue weighted by molar-refractivity contribution is 0.262. The van der Waals surface area contributed by atoms with Gasteiger partial charge in [-0.1, -0.05) is 6.07 Å². The molecule has 3 N–H and O–H groups in total. The number of carbonyl (C=O) groups is 1. The van der Waals surface area contributed by atoms with Gasteiger partial charge in [-0.25, -0.2) is 9.78 Å². The highest BCUT2D eigenvalue weighted by molar-refractivity contribution is 6.05. The molecule has 2 fully saturated rings. The molecule has 148 valence electrons. The summed E-state index contributed by atoms with van der Waals surface area (Å²) in [6.45, 7) is 2.09. The summed E-state index contributed by atoms with van der Waals surface area (Å²) in [4.78, 5) is 25.7. The van der Waals surface area contributed by atoms with Crippen LogP contribution in [0.5, 0.6) is 0 Å². The lowest BCUT2D eigenvalue weighted by Crippen LogP contribution is -2.26. The highest BCUT2D eigenvalue weighted by Crippen LogP contribution is 2.38. The Bertz CT molecular complexity index is 1040. The third-order valence-corrected chi connectivity index (χ3v) is 5.71. The lowest BCUT2D eigenvalue weighted by atomic mass is 9.89. The van der Waals surface area contributed by atoms with Crippen LogP contribution in [0.1, 0.15) is 48.8 Å². The second-order valence-corrected chi connectivity index (χ2v) is 7.84. The molecule has 3 heterocycles. The second kappa shape index (κ2) is 7.75. The molecule has 5 rings (SSSR count). The molecule has 0 radical (unpaired) electrons. The number of aromatic nitrogens is 3. The van der Waals surface area contributed by atoms with Crippen molar-refractivity contribution in [1.29, 1.82) is 0 Å². The zero-order chi connectivity index (χ0) is 19.6. The van der Waals surface area contributed by atoms with Crippen LogP contribution in [0.15, 0.2) is 42.9 Å². The Kier molecular flexibility index (Phi) is 4.81. The number of carbonyl (C=O) groups excluding carboxylic acids is 1. The van der Waals surface area contributed by atoms with Crippen LogP contribution >= 0.6 is 0 Å². The van der Waals surface area contributed by atoms with Gasteiger partial charge in [0.05, 0.1) is 23.1 Å². The quantitative estimate of drug-likeness (QED) is 0.628. The third-order valence-electron chi connectivity index (χ3n) is 5.71. The summed E-state index contributed by atoms with van der Waals surface area (Å²) in [6, 6.07) is 7.88. The Balaban J connectivity index is 1.36. The summed E-state index contributed by atoms with van der Waals surface area (Å²) in [5.41, 5.74) is 3.87. The average molecular weight is 388 g/mol. The van der Waals surface area contributed by atoms with Gasteiger partial charge < -0.3 is 10.6 Å². The van der Waals surface area contributed by atoms with Crippen LogP contribution in [0.3, 0.4) is 0 Å². The monoisotopic (exact) mass is 388 g/mol. The number of urea groups is 1. The minimum Gasteiger partial charge on any atom is -0.317 e. The SMILES string of the molecule is O=C(Nc1cncc(C2CC2)n1)Nc1ccnc2ccc(C3CCNCC3)cc12. The lowest BCUT2D eigenvalue weighted by Gasteiger charge is -2.23. The van der Waals surface area contributed by atoms with Crippen molar-refractivity contribution in [2.24, 2.45) is 0 Å². The van der Waals surface area contributed by atoms with E-state index in [1.807, 2.05) is 12.1 Å². The van der Waals surface area contributed by atoms with Gasteiger partial charge in [-0.15, -0.1) is 0 Å². The topological polar surface area (TPSA) is 91.8 Å². The number of hydrogen-bond donors (Lipinski definition) is 3. The first-order valence-corrected chi connectivity index (χ1v) is 10.3. The molecule has 0 spiro atoms. The van der Waals surface area contributed by atoms with E-state index in [0.29, 0.717) is 17.7 Å². The number of benzene rings is 1. The number of nitrogens with zero attached hydrogens (tertiary/aromatic N) is 3.